The molecule has 0 aliphatic rings. The summed E-state index contributed by atoms with van der Waals surface area (Å²) in [5.41, 5.74) is 3.77. The van der Waals surface area contributed by atoms with Gasteiger partial charge in [-0.25, -0.2) is 4.79 Å². The van der Waals surface area contributed by atoms with Crippen LogP contribution in [0.1, 0.15) is 36.2 Å². The van der Waals surface area contributed by atoms with E-state index in [9.17, 15) is 9.59 Å². The first-order valence-corrected chi connectivity index (χ1v) is 9.21. The number of aryl methyl sites for hydroxylation is 1. The first-order chi connectivity index (χ1) is 12.9. The summed E-state index contributed by atoms with van der Waals surface area (Å²) in [4.78, 5) is 26.7. The Hall–Kier alpha value is -3.02. The molecule has 144 valence electrons. The van der Waals surface area contributed by atoms with E-state index in [1.165, 1.54) is 0 Å². The van der Waals surface area contributed by atoms with Crippen LogP contribution in [0.3, 0.4) is 0 Å². The SMILES string of the molecule is CCCNC(=O)c1cc(NC(=O)Nc2cccc(CC)c2)ccc1N(C)C. The summed E-state index contributed by atoms with van der Waals surface area (Å²) in [6, 6.07) is 12.7. The van der Waals surface area contributed by atoms with Crippen LogP contribution in [0, 0.1) is 0 Å². The predicted octanol–water partition coefficient (Wildman–Crippen LogP) is 4.10. The van der Waals surface area contributed by atoms with Gasteiger partial charge in [-0.2, -0.15) is 0 Å². The average molecular weight is 368 g/mol. The van der Waals surface area contributed by atoms with Gasteiger partial charge in [0.25, 0.3) is 5.91 Å². The van der Waals surface area contributed by atoms with E-state index in [0.717, 1.165) is 29.8 Å². The highest BCUT2D eigenvalue weighted by Gasteiger charge is 2.14. The summed E-state index contributed by atoms with van der Waals surface area (Å²) in [7, 11) is 3.76. The molecule has 3 N–H and O–H groups in total. The number of anilines is 3. The predicted molar refractivity (Wildman–Crippen MR) is 112 cm³/mol. The summed E-state index contributed by atoms with van der Waals surface area (Å²) in [6.45, 7) is 4.68. The van der Waals surface area contributed by atoms with Crippen LogP contribution >= 0.6 is 0 Å². The molecule has 0 aliphatic heterocycles. The third kappa shape index (κ3) is 5.74. The maximum Gasteiger partial charge on any atom is 0.323 e. The maximum absolute atomic E-state index is 12.5. The molecule has 0 aliphatic carbocycles. The number of carbonyl (C=O) groups is 2. The Bertz CT molecular complexity index is 803. The fraction of sp³-hybridized carbons (Fsp3) is 0.333. The van der Waals surface area contributed by atoms with Crippen LogP contribution in [0.5, 0.6) is 0 Å². The molecule has 0 saturated carbocycles. The van der Waals surface area contributed by atoms with Gasteiger partial charge in [-0.3, -0.25) is 4.79 Å². The standard InChI is InChI=1S/C21H28N4O2/c1-5-12-22-20(26)18-14-17(10-11-19(18)25(3)4)24-21(27)23-16-9-7-8-15(6-2)13-16/h7-11,13-14H,5-6,12H2,1-4H3,(H,22,26)(H2,23,24,27). The molecule has 3 amide bonds. The summed E-state index contributed by atoms with van der Waals surface area (Å²) in [5.74, 6) is -0.153. The third-order valence-corrected chi connectivity index (χ3v) is 4.11. The van der Waals surface area contributed by atoms with Crippen LogP contribution in [-0.4, -0.2) is 32.6 Å². The van der Waals surface area contributed by atoms with Crippen molar-refractivity contribution in [3.05, 3.63) is 53.6 Å². The number of nitrogens with one attached hydrogen (secondary N) is 3. The first-order valence-electron chi connectivity index (χ1n) is 9.21. The van der Waals surface area contributed by atoms with Crippen molar-refractivity contribution in [2.24, 2.45) is 0 Å². The summed E-state index contributed by atoms with van der Waals surface area (Å²) in [5, 5.41) is 8.50. The van der Waals surface area contributed by atoms with Gasteiger partial charge >= 0.3 is 6.03 Å². The highest BCUT2D eigenvalue weighted by Crippen LogP contribution is 2.23. The summed E-state index contributed by atoms with van der Waals surface area (Å²) in [6.07, 6.45) is 1.76. The Morgan fingerprint density at radius 3 is 2.30 bits per heavy atom. The van der Waals surface area contributed by atoms with Crippen LogP contribution in [0.2, 0.25) is 0 Å². The molecule has 0 bridgehead atoms. The van der Waals surface area contributed by atoms with Crippen LogP contribution in [0.15, 0.2) is 42.5 Å². The van der Waals surface area contributed by atoms with E-state index in [1.54, 1.807) is 12.1 Å². The van der Waals surface area contributed by atoms with E-state index in [2.05, 4.69) is 22.9 Å². The van der Waals surface area contributed by atoms with E-state index in [4.69, 9.17) is 0 Å². The molecule has 6 heteroatoms. The van der Waals surface area contributed by atoms with Crippen molar-refractivity contribution in [3.63, 3.8) is 0 Å². The summed E-state index contributed by atoms with van der Waals surface area (Å²) >= 11 is 0. The van der Waals surface area contributed by atoms with E-state index >= 15 is 0 Å². The van der Waals surface area contributed by atoms with Gasteiger partial charge in [-0.1, -0.05) is 26.0 Å². The smallest absolute Gasteiger partial charge is 0.323 e. The molecule has 27 heavy (non-hydrogen) atoms. The highest BCUT2D eigenvalue weighted by atomic mass is 16.2. The molecule has 0 heterocycles. The molecule has 0 atom stereocenters. The Morgan fingerprint density at radius 2 is 1.67 bits per heavy atom. The lowest BCUT2D eigenvalue weighted by Crippen LogP contribution is -2.27. The topological polar surface area (TPSA) is 73.5 Å². The lowest BCUT2D eigenvalue weighted by atomic mass is 10.1. The van der Waals surface area contributed by atoms with Gasteiger partial charge in [0.05, 0.1) is 5.56 Å². The van der Waals surface area contributed by atoms with E-state index in [0.29, 0.717) is 17.8 Å². The van der Waals surface area contributed by atoms with Crippen molar-refractivity contribution in [1.29, 1.82) is 0 Å². The molecular weight excluding hydrogens is 340 g/mol. The molecule has 0 radical (unpaired) electrons. The van der Waals surface area contributed by atoms with Gasteiger partial charge in [0.2, 0.25) is 0 Å². The number of carbonyl (C=O) groups excluding carboxylic acids is 2. The van der Waals surface area contributed by atoms with Crippen molar-refractivity contribution < 1.29 is 9.59 Å². The number of hydrogen-bond donors (Lipinski definition) is 3. The lowest BCUT2D eigenvalue weighted by Gasteiger charge is -2.18. The second kappa shape index (κ2) is 9.62. The normalized spacial score (nSPS) is 10.2. The monoisotopic (exact) mass is 368 g/mol. The number of hydrogen-bond acceptors (Lipinski definition) is 3. The highest BCUT2D eigenvalue weighted by molar-refractivity contribution is 6.03. The number of urea groups is 1. The van der Waals surface area contributed by atoms with Crippen LogP contribution in [0.4, 0.5) is 21.9 Å². The number of rotatable bonds is 7. The number of nitrogens with zero attached hydrogens (tertiary/aromatic N) is 1. The Kier molecular flexibility index (Phi) is 7.23. The molecule has 0 fully saturated rings. The Morgan fingerprint density at radius 1 is 0.963 bits per heavy atom. The van der Waals surface area contributed by atoms with Crippen molar-refractivity contribution in [2.45, 2.75) is 26.7 Å². The molecule has 0 unspecified atom stereocenters. The van der Waals surface area contributed by atoms with E-state index in [1.807, 2.05) is 56.3 Å². The Labute approximate surface area is 161 Å². The molecular formula is C21H28N4O2. The summed E-state index contributed by atoms with van der Waals surface area (Å²) < 4.78 is 0. The quantitative estimate of drug-likeness (QED) is 0.689. The van der Waals surface area contributed by atoms with E-state index in [-0.39, 0.29) is 11.9 Å². The number of benzene rings is 2. The fourth-order valence-electron chi connectivity index (χ4n) is 2.68. The molecule has 0 saturated heterocycles. The lowest BCUT2D eigenvalue weighted by molar-refractivity contribution is 0.0954. The minimum absolute atomic E-state index is 0.153. The van der Waals surface area contributed by atoms with Crippen molar-refractivity contribution in [3.8, 4) is 0 Å². The molecule has 2 rings (SSSR count). The molecule has 2 aromatic carbocycles. The minimum atomic E-state index is -0.347. The molecule has 2 aromatic rings. The third-order valence-electron chi connectivity index (χ3n) is 4.11. The van der Waals surface area contributed by atoms with Gasteiger partial charge in [0.1, 0.15) is 0 Å². The fourth-order valence-corrected chi connectivity index (χ4v) is 2.68. The van der Waals surface area contributed by atoms with Crippen molar-refractivity contribution in [1.82, 2.24) is 5.32 Å². The zero-order chi connectivity index (χ0) is 19.8. The van der Waals surface area contributed by atoms with Gasteiger partial charge in [-0.15, -0.1) is 0 Å². The maximum atomic E-state index is 12.5. The van der Waals surface area contributed by atoms with E-state index < -0.39 is 0 Å². The molecule has 6 nitrogen and oxygen atoms in total. The zero-order valence-corrected chi connectivity index (χ0v) is 16.4. The van der Waals surface area contributed by atoms with Gasteiger partial charge < -0.3 is 20.9 Å². The van der Waals surface area contributed by atoms with Crippen LogP contribution in [0.25, 0.3) is 0 Å². The second-order valence-corrected chi connectivity index (χ2v) is 6.52. The van der Waals surface area contributed by atoms with Gasteiger partial charge in [-0.05, 0) is 48.7 Å². The number of amides is 3. The van der Waals surface area contributed by atoms with Crippen LogP contribution in [-0.2, 0) is 6.42 Å². The average Bonchev–Trinajstić information content (AvgIpc) is 2.65. The first kappa shape index (κ1) is 20.3. The Balaban J connectivity index is 2.15. The van der Waals surface area contributed by atoms with Crippen molar-refractivity contribution in [2.75, 3.05) is 36.2 Å². The van der Waals surface area contributed by atoms with Gasteiger partial charge in [0, 0.05) is 37.7 Å². The van der Waals surface area contributed by atoms with Gasteiger partial charge in [0.15, 0.2) is 0 Å². The molecule has 0 spiro atoms. The van der Waals surface area contributed by atoms with Crippen LogP contribution < -0.4 is 20.9 Å². The second-order valence-electron chi connectivity index (χ2n) is 6.52. The molecule has 0 aromatic heterocycles. The van der Waals surface area contributed by atoms with Crippen molar-refractivity contribution >= 4 is 29.0 Å². The zero-order valence-electron chi connectivity index (χ0n) is 16.4. The minimum Gasteiger partial charge on any atom is -0.377 e. The largest absolute Gasteiger partial charge is 0.377 e.